The van der Waals surface area contributed by atoms with Crippen molar-refractivity contribution in [2.75, 3.05) is 5.32 Å². The summed E-state index contributed by atoms with van der Waals surface area (Å²) < 4.78 is 0. The Balaban J connectivity index is 2.41. The summed E-state index contributed by atoms with van der Waals surface area (Å²) >= 11 is 23.5. The zero-order valence-electron chi connectivity index (χ0n) is 11.1. The van der Waals surface area contributed by atoms with Crippen LogP contribution in [0, 0.1) is 0 Å². The van der Waals surface area contributed by atoms with E-state index in [1.807, 2.05) is 0 Å². The molecule has 0 saturated heterocycles. The number of amides is 1. The van der Waals surface area contributed by atoms with Gasteiger partial charge in [-0.3, -0.25) is 9.59 Å². The van der Waals surface area contributed by atoms with E-state index in [1.165, 1.54) is 6.92 Å². The highest BCUT2D eigenvalue weighted by atomic mass is 35.5. The number of para-hydroxylation sites is 1. The van der Waals surface area contributed by atoms with Gasteiger partial charge in [0, 0.05) is 5.56 Å². The predicted molar refractivity (Wildman–Crippen MR) is 88.7 cm³/mol. The summed E-state index contributed by atoms with van der Waals surface area (Å²) in [5.41, 5.74) is 0.512. The van der Waals surface area contributed by atoms with E-state index in [9.17, 15) is 9.59 Å². The van der Waals surface area contributed by atoms with Crippen molar-refractivity contribution in [2.45, 2.75) is 6.92 Å². The molecule has 1 amide bonds. The monoisotopic (exact) mass is 376 g/mol. The molecule has 2 rings (SSSR count). The summed E-state index contributed by atoms with van der Waals surface area (Å²) in [4.78, 5) is 27.7. The smallest absolute Gasteiger partial charge is 0.275 e. The second-order valence-corrected chi connectivity index (χ2v) is 5.74. The fourth-order valence-electron chi connectivity index (χ4n) is 1.72. The number of hydrogen-bond donors (Lipinski definition) is 1. The van der Waals surface area contributed by atoms with Gasteiger partial charge in [0.25, 0.3) is 5.91 Å². The van der Waals surface area contributed by atoms with Crippen LogP contribution in [-0.4, -0.2) is 16.7 Å². The van der Waals surface area contributed by atoms with Crippen LogP contribution in [0.15, 0.2) is 24.3 Å². The van der Waals surface area contributed by atoms with Gasteiger partial charge in [0.2, 0.25) is 0 Å². The zero-order chi connectivity index (χ0) is 16.4. The molecule has 4 nitrogen and oxygen atoms in total. The van der Waals surface area contributed by atoms with Crippen LogP contribution in [0.1, 0.15) is 27.8 Å². The average molecular weight is 378 g/mol. The minimum Gasteiger partial charge on any atom is -0.320 e. The Bertz CT molecular complexity index is 778. The molecule has 1 aromatic heterocycles. The summed E-state index contributed by atoms with van der Waals surface area (Å²) in [6, 6.07) is 6.54. The van der Waals surface area contributed by atoms with Gasteiger partial charge in [0.15, 0.2) is 5.78 Å². The maximum Gasteiger partial charge on any atom is 0.275 e. The van der Waals surface area contributed by atoms with Crippen LogP contribution in [0.2, 0.25) is 20.2 Å². The van der Waals surface area contributed by atoms with Gasteiger partial charge in [-0.15, -0.1) is 0 Å². The quantitative estimate of drug-likeness (QED) is 0.594. The number of nitrogens with zero attached hydrogens (tertiary/aromatic N) is 1. The summed E-state index contributed by atoms with van der Waals surface area (Å²) in [6.45, 7) is 1.40. The third-order valence-electron chi connectivity index (χ3n) is 2.75. The molecular weight excluding hydrogens is 370 g/mol. The molecule has 1 N–H and O–H groups in total. The molecule has 0 atom stereocenters. The number of nitrogens with one attached hydrogen (secondary N) is 1. The number of halogens is 4. The first-order chi connectivity index (χ1) is 10.3. The Labute approximate surface area is 146 Å². The first-order valence-electron chi connectivity index (χ1n) is 5.94. The lowest BCUT2D eigenvalue weighted by Gasteiger charge is -2.11. The van der Waals surface area contributed by atoms with Gasteiger partial charge < -0.3 is 5.32 Å². The Morgan fingerprint density at radius 1 is 1.00 bits per heavy atom. The summed E-state index contributed by atoms with van der Waals surface area (Å²) in [6.07, 6.45) is 0. The number of ketones is 1. The second kappa shape index (κ2) is 6.84. The van der Waals surface area contributed by atoms with E-state index in [4.69, 9.17) is 46.4 Å². The summed E-state index contributed by atoms with van der Waals surface area (Å²) in [7, 11) is 0. The van der Waals surface area contributed by atoms with Crippen LogP contribution >= 0.6 is 46.4 Å². The van der Waals surface area contributed by atoms with Gasteiger partial charge >= 0.3 is 0 Å². The van der Waals surface area contributed by atoms with Gasteiger partial charge in [0.05, 0.1) is 20.8 Å². The van der Waals surface area contributed by atoms with E-state index in [0.29, 0.717) is 11.3 Å². The maximum atomic E-state index is 12.3. The van der Waals surface area contributed by atoms with Gasteiger partial charge in [-0.1, -0.05) is 58.5 Å². The highest BCUT2D eigenvalue weighted by Gasteiger charge is 2.21. The van der Waals surface area contributed by atoms with Crippen molar-refractivity contribution in [3.8, 4) is 0 Å². The lowest BCUT2D eigenvalue weighted by molar-refractivity contribution is 0.101. The van der Waals surface area contributed by atoms with E-state index < -0.39 is 5.91 Å². The van der Waals surface area contributed by atoms with Crippen molar-refractivity contribution >= 4 is 63.8 Å². The molecule has 0 bridgehead atoms. The number of rotatable bonds is 3. The van der Waals surface area contributed by atoms with E-state index in [2.05, 4.69) is 10.3 Å². The first kappa shape index (κ1) is 17.0. The van der Waals surface area contributed by atoms with Crippen molar-refractivity contribution in [1.82, 2.24) is 4.98 Å². The molecule has 8 heteroatoms. The number of pyridine rings is 1. The molecule has 2 aromatic rings. The Morgan fingerprint density at radius 3 is 2.27 bits per heavy atom. The van der Waals surface area contributed by atoms with Gasteiger partial charge in [-0.05, 0) is 19.1 Å². The standard InChI is InChI=1S/C14H8Cl4N2O2/c1-6(21)7-4-2-3-5-8(7)19-14(22)12-10(16)9(15)11(17)13(18)20-12/h2-5H,1H3,(H,19,22). The van der Waals surface area contributed by atoms with Crippen LogP contribution in [-0.2, 0) is 0 Å². The number of carbonyl (C=O) groups is 2. The van der Waals surface area contributed by atoms with Gasteiger partial charge in [-0.2, -0.15) is 0 Å². The van der Waals surface area contributed by atoms with Gasteiger partial charge in [-0.25, -0.2) is 4.98 Å². The number of carbonyl (C=O) groups excluding carboxylic acids is 2. The molecule has 1 aromatic carbocycles. The lowest BCUT2D eigenvalue weighted by atomic mass is 10.1. The normalized spacial score (nSPS) is 10.4. The fourth-order valence-corrected chi connectivity index (χ4v) is 2.53. The summed E-state index contributed by atoms with van der Waals surface area (Å²) in [5, 5.41) is 2.21. The minimum atomic E-state index is -0.654. The SMILES string of the molecule is CC(=O)c1ccccc1NC(=O)c1nc(Cl)c(Cl)c(Cl)c1Cl. The Hall–Kier alpha value is -1.33. The van der Waals surface area contributed by atoms with Crippen molar-refractivity contribution < 1.29 is 9.59 Å². The molecule has 0 unspecified atom stereocenters. The molecule has 0 saturated carbocycles. The Kier molecular flexibility index (Phi) is 5.29. The van der Waals surface area contributed by atoms with Crippen LogP contribution in [0.3, 0.4) is 0 Å². The number of hydrogen-bond acceptors (Lipinski definition) is 3. The molecule has 0 fully saturated rings. The predicted octanol–water partition coefficient (Wildman–Crippen LogP) is 5.15. The molecule has 0 aliphatic carbocycles. The van der Waals surface area contributed by atoms with Crippen molar-refractivity contribution in [3.05, 3.63) is 55.7 Å². The van der Waals surface area contributed by atoms with E-state index >= 15 is 0 Å². The molecule has 1 heterocycles. The van der Waals surface area contributed by atoms with Crippen LogP contribution < -0.4 is 5.32 Å². The topological polar surface area (TPSA) is 59.1 Å². The molecule has 0 radical (unpaired) electrons. The van der Waals surface area contributed by atoms with Crippen molar-refractivity contribution in [1.29, 1.82) is 0 Å². The third kappa shape index (κ3) is 3.36. The highest BCUT2D eigenvalue weighted by molar-refractivity contribution is 6.52. The number of anilines is 1. The zero-order valence-corrected chi connectivity index (χ0v) is 14.1. The van der Waals surface area contributed by atoms with Crippen LogP contribution in [0.4, 0.5) is 5.69 Å². The van der Waals surface area contributed by atoms with Gasteiger partial charge in [0.1, 0.15) is 10.8 Å². The molecule has 0 aliphatic rings. The third-order valence-corrected chi connectivity index (χ3v) is 4.43. The lowest BCUT2D eigenvalue weighted by Crippen LogP contribution is -2.16. The largest absolute Gasteiger partial charge is 0.320 e. The average Bonchev–Trinajstić information content (AvgIpc) is 2.49. The first-order valence-corrected chi connectivity index (χ1v) is 7.45. The molecule has 0 aliphatic heterocycles. The van der Waals surface area contributed by atoms with Crippen LogP contribution in [0.25, 0.3) is 0 Å². The van der Waals surface area contributed by atoms with Crippen LogP contribution in [0.5, 0.6) is 0 Å². The number of Topliss-reactive ketones (excluding diaryl/α,β-unsaturated/α-hetero) is 1. The summed E-state index contributed by atoms with van der Waals surface area (Å²) in [5.74, 6) is -0.846. The Morgan fingerprint density at radius 2 is 1.64 bits per heavy atom. The number of aromatic nitrogens is 1. The number of benzene rings is 1. The highest BCUT2D eigenvalue weighted by Crippen LogP contribution is 2.36. The second-order valence-electron chi connectivity index (χ2n) is 4.25. The fraction of sp³-hybridized carbons (Fsp3) is 0.0714. The molecule has 22 heavy (non-hydrogen) atoms. The molecule has 114 valence electrons. The maximum absolute atomic E-state index is 12.3. The van der Waals surface area contributed by atoms with Crippen molar-refractivity contribution in [3.63, 3.8) is 0 Å². The molecular formula is C14H8Cl4N2O2. The van der Waals surface area contributed by atoms with E-state index in [-0.39, 0.29) is 31.7 Å². The van der Waals surface area contributed by atoms with Crippen molar-refractivity contribution in [2.24, 2.45) is 0 Å². The molecule has 0 spiro atoms. The van der Waals surface area contributed by atoms with E-state index in [0.717, 1.165) is 0 Å². The van der Waals surface area contributed by atoms with E-state index in [1.54, 1.807) is 24.3 Å². The minimum absolute atomic E-state index is 0.0333.